The van der Waals surface area contributed by atoms with Crippen LogP contribution in [-0.2, 0) is 0 Å². The molecule has 2 aromatic carbocycles. The summed E-state index contributed by atoms with van der Waals surface area (Å²) < 4.78 is 7.52. The molecule has 118 valence electrons. The van der Waals surface area contributed by atoms with Crippen molar-refractivity contribution in [3.05, 3.63) is 83.1 Å². The van der Waals surface area contributed by atoms with Crippen molar-refractivity contribution >= 4 is 23.2 Å². The van der Waals surface area contributed by atoms with E-state index in [4.69, 9.17) is 27.7 Å². The number of halogens is 2. The summed E-state index contributed by atoms with van der Waals surface area (Å²) >= 11 is 12.3. The average Bonchev–Trinajstić information content (AvgIpc) is 3.29. The van der Waals surface area contributed by atoms with Gasteiger partial charge in [0.05, 0.1) is 10.0 Å². The van der Waals surface area contributed by atoms with Gasteiger partial charge in [-0.2, -0.15) is 0 Å². The molecule has 0 radical (unpaired) electrons. The summed E-state index contributed by atoms with van der Waals surface area (Å²) in [5, 5.41) is 5.08. The zero-order chi connectivity index (χ0) is 16.5. The van der Waals surface area contributed by atoms with Crippen molar-refractivity contribution in [1.82, 2.24) is 9.72 Å². The lowest BCUT2D eigenvalue weighted by Gasteiger charge is -2.03. The second kappa shape index (κ2) is 6.19. The topological polar surface area (TPSA) is 31.0 Å². The molecule has 3 nitrogen and oxygen atoms in total. The van der Waals surface area contributed by atoms with Crippen LogP contribution in [0.25, 0.3) is 28.3 Å². The quantitative estimate of drug-likeness (QED) is 0.444. The molecule has 2 aromatic heterocycles. The maximum absolute atomic E-state index is 6.24. The highest BCUT2D eigenvalue weighted by Gasteiger charge is 2.13. The molecular formula is C19H12Cl2N2O. The number of nitrogens with zero attached hydrogens (tertiary/aromatic N) is 2. The van der Waals surface area contributed by atoms with Crippen molar-refractivity contribution < 1.29 is 4.52 Å². The smallest absolute Gasteiger partial charge is 0.167 e. The number of rotatable bonds is 3. The fraction of sp³-hybridized carbons (Fsp3) is 0. The number of hydrogen-bond acceptors (Lipinski definition) is 2. The van der Waals surface area contributed by atoms with E-state index in [2.05, 4.69) is 5.16 Å². The minimum absolute atomic E-state index is 0.474. The second-order valence-electron chi connectivity index (χ2n) is 5.31. The van der Waals surface area contributed by atoms with Crippen molar-refractivity contribution in [2.75, 3.05) is 0 Å². The highest BCUT2D eigenvalue weighted by Crippen LogP contribution is 2.34. The summed E-state index contributed by atoms with van der Waals surface area (Å²) in [5.74, 6) is 0.681. The van der Waals surface area contributed by atoms with Gasteiger partial charge in [-0.3, -0.25) is 0 Å². The minimum Gasteiger partial charge on any atom is -0.356 e. The molecule has 0 aliphatic carbocycles. The molecule has 0 atom stereocenters. The minimum atomic E-state index is 0.474. The molecule has 24 heavy (non-hydrogen) atoms. The molecule has 0 saturated carbocycles. The lowest BCUT2D eigenvalue weighted by Crippen LogP contribution is -1.88. The Morgan fingerprint density at radius 1 is 0.875 bits per heavy atom. The van der Waals surface area contributed by atoms with Crippen LogP contribution >= 0.6 is 23.2 Å². The summed E-state index contributed by atoms with van der Waals surface area (Å²) in [7, 11) is 0. The van der Waals surface area contributed by atoms with Crippen LogP contribution in [0.5, 0.6) is 0 Å². The molecule has 2 heterocycles. The van der Waals surface area contributed by atoms with Crippen LogP contribution in [0.1, 0.15) is 0 Å². The van der Waals surface area contributed by atoms with E-state index in [9.17, 15) is 0 Å². The van der Waals surface area contributed by atoms with Crippen molar-refractivity contribution in [3.8, 4) is 28.3 Å². The van der Waals surface area contributed by atoms with Crippen LogP contribution in [0.3, 0.4) is 0 Å². The first-order valence-corrected chi connectivity index (χ1v) is 8.13. The van der Waals surface area contributed by atoms with E-state index < -0.39 is 0 Å². The van der Waals surface area contributed by atoms with Gasteiger partial charge >= 0.3 is 0 Å². The Morgan fingerprint density at radius 2 is 1.62 bits per heavy atom. The van der Waals surface area contributed by atoms with Crippen LogP contribution < -0.4 is 0 Å². The Balaban J connectivity index is 1.66. The highest BCUT2D eigenvalue weighted by molar-refractivity contribution is 6.43. The highest BCUT2D eigenvalue weighted by atomic mass is 35.5. The van der Waals surface area contributed by atoms with E-state index in [1.165, 1.54) is 0 Å². The molecule has 5 heteroatoms. The van der Waals surface area contributed by atoms with Gasteiger partial charge in [-0.05, 0) is 42.5 Å². The van der Waals surface area contributed by atoms with Crippen molar-refractivity contribution in [2.45, 2.75) is 0 Å². The Hall–Kier alpha value is -2.49. The average molecular weight is 355 g/mol. The summed E-state index contributed by atoms with van der Waals surface area (Å²) in [5.41, 5.74) is 3.44. The first-order chi connectivity index (χ1) is 11.7. The molecule has 0 saturated heterocycles. The lowest BCUT2D eigenvalue weighted by molar-refractivity contribution is 0.435. The predicted octanol–water partition coefficient (Wildman–Crippen LogP) is 6.11. The lowest BCUT2D eigenvalue weighted by atomic mass is 10.1. The third-order valence-electron chi connectivity index (χ3n) is 3.79. The van der Waals surface area contributed by atoms with Crippen LogP contribution in [-0.4, -0.2) is 9.72 Å². The van der Waals surface area contributed by atoms with E-state index in [0.717, 1.165) is 16.8 Å². The van der Waals surface area contributed by atoms with Gasteiger partial charge < -0.3 is 9.09 Å². The van der Waals surface area contributed by atoms with E-state index >= 15 is 0 Å². The maximum Gasteiger partial charge on any atom is 0.167 e. The molecule has 0 aliphatic rings. The van der Waals surface area contributed by atoms with Crippen LogP contribution in [0.4, 0.5) is 0 Å². The first-order valence-electron chi connectivity index (χ1n) is 7.37. The third kappa shape index (κ3) is 2.73. The molecule has 0 unspecified atom stereocenters. The van der Waals surface area contributed by atoms with E-state index in [0.29, 0.717) is 21.5 Å². The molecule has 0 bridgehead atoms. The van der Waals surface area contributed by atoms with Crippen molar-refractivity contribution in [1.29, 1.82) is 0 Å². The third-order valence-corrected chi connectivity index (χ3v) is 4.61. The van der Waals surface area contributed by atoms with E-state index in [1.54, 1.807) is 6.07 Å². The monoisotopic (exact) mass is 354 g/mol. The zero-order valence-electron chi connectivity index (χ0n) is 12.5. The van der Waals surface area contributed by atoms with Gasteiger partial charge in [-0.15, -0.1) is 0 Å². The molecular weight excluding hydrogens is 343 g/mol. The molecule has 4 aromatic rings. The fourth-order valence-corrected chi connectivity index (χ4v) is 2.94. The van der Waals surface area contributed by atoms with Gasteiger partial charge in [-0.1, -0.05) is 40.5 Å². The Labute approximate surface area is 149 Å². The number of benzene rings is 2. The summed E-state index contributed by atoms with van der Waals surface area (Å²) in [6.45, 7) is 0. The SMILES string of the molecule is Clc1cccc(-c2cc(-c3ccc(-n4cccc4)cc3)on2)c1Cl. The zero-order valence-corrected chi connectivity index (χ0v) is 14.0. The molecule has 0 N–H and O–H groups in total. The van der Waals surface area contributed by atoms with Crippen LogP contribution in [0, 0.1) is 0 Å². The first kappa shape index (κ1) is 15.1. The standard InChI is InChI=1S/C19H12Cl2N2O/c20-16-5-3-4-15(19(16)21)17-12-18(24-22-17)13-6-8-14(9-7-13)23-10-1-2-11-23/h1-12H. The van der Waals surface area contributed by atoms with E-state index in [1.807, 2.05) is 71.6 Å². The van der Waals surface area contributed by atoms with Gasteiger partial charge in [0.2, 0.25) is 0 Å². The van der Waals surface area contributed by atoms with E-state index in [-0.39, 0.29) is 0 Å². The predicted molar refractivity (Wildman–Crippen MR) is 96.7 cm³/mol. The van der Waals surface area contributed by atoms with Gasteiger partial charge in [0.1, 0.15) is 5.69 Å². The second-order valence-corrected chi connectivity index (χ2v) is 6.10. The molecule has 0 amide bonds. The summed E-state index contributed by atoms with van der Waals surface area (Å²) in [4.78, 5) is 0. The van der Waals surface area contributed by atoms with Gasteiger partial charge in [0, 0.05) is 35.3 Å². The number of hydrogen-bond donors (Lipinski definition) is 0. The molecule has 0 fully saturated rings. The summed E-state index contributed by atoms with van der Waals surface area (Å²) in [6, 6.07) is 19.4. The fourth-order valence-electron chi connectivity index (χ4n) is 2.54. The molecule has 4 rings (SSSR count). The molecule has 0 aliphatic heterocycles. The van der Waals surface area contributed by atoms with Crippen LogP contribution in [0.15, 0.2) is 77.6 Å². The number of aromatic nitrogens is 2. The summed E-state index contributed by atoms with van der Waals surface area (Å²) in [6.07, 6.45) is 4.01. The van der Waals surface area contributed by atoms with Gasteiger partial charge in [0.25, 0.3) is 0 Å². The van der Waals surface area contributed by atoms with Crippen molar-refractivity contribution in [3.63, 3.8) is 0 Å². The maximum atomic E-state index is 6.24. The Kier molecular flexibility index (Phi) is 3.89. The van der Waals surface area contributed by atoms with Crippen molar-refractivity contribution in [2.24, 2.45) is 0 Å². The van der Waals surface area contributed by atoms with Crippen LogP contribution in [0.2, 0.25) is 10.0 Å². The molecule has 0 spiro atoms. The normalized spacial score (nSPS) is 10.9. The largest absolute Gasteiger partial charge is 0.356 e. The van der Waals surface area contributed by atoms with Gasteiger partial charge in [0.15, 0.2) is 5.76 Å². The Morgan fingerprint density at radius 3 is 2.38 bits per heavy atom. The Bertz CT molecular complexity index is 973. The van der Waals surface area contributed by atoms with Gasteiger partial charge in [-0.25, -0.2) is 0 Å².